The predicted octanol–water partition coefficient (Wildman–Crippen LogP) is 2.04. The van der Waals surface area contributed by atoms with Crippen LogP contribution in [0.3, 0.4) is 0 Å². The summed E-state index contributed by atoms with van der Waals surface area (Å²) >= 11 is 0. The van der Waals surface area contributed by atoms with Crippen molar-refractivity contribution in [3.05, 3.63) is 29.8 Å². The first-order valence-corrected chi connectivity index (χ1v) is 8.91. The molecule has 2 unspecified atom stereocenters. The molecule has 0 amide bonds. The monoisotopic (exact) mass is 370 g/mol. The van der Waals surface area contributed by atoms with E-state index in [0.717, 1.165) is 18.6 Å². The summed E-state index contributed by atoms with van der Waals surface area (Å²) in [4.78, 5) is 5.65. The van der Waals surface area contributed by atoms with E-state index in [4.69, 9.17) is 4.74 Å². The van der Waals surface area contributed by atoms with Crippen molar-refractivity contribution in [2.24, 2.45) is 10.9 Å². The second kappa shape index (κ2) is 8.16. The van der Waals surface area contributed by atoms with Crippen LogP contribution in [0.15, 0.2) is 29.3 Å². The Morgan fingerprint density at radius 1 is 1.27 bits per heavy atom. The highest BCUT2D eigenvalue weighted by Gasteiger charge is 2.34. The summed E-state index contributed by atoms with van der Waals surface area (Å²) in [7, 11) is 1.68. The third kappa shape index (κ3) is 5.27. The Hall–Kier alpha value is -1.96. The molecule has 0 spiro atoms. The fourth-order valence-electron chi connectivity index (χ4n) is 3.52. The van der Waals surface area contributed by atoms with Crippen LogP contribution in [0.5, 0.6) is 5.75 Å². The van der Waals surface area contributed by atoms with E-state index in [0.29, 0.717) is 32.1 Å². The van der Waals surface area contributed by atoms with E-state index in [1.165, 1.54) is 10.5 Å². The van der Waals surface area contributed by atoms with Crippen LogP contribution in [0.1, 0.15) is 12.0 Å². The molecule has 2 atom stereocenters. The number of hydrogen-bond donors (Lipinski definition) is 2. The number of nitrogens with zero attached hydrogens (tertiary/aromatic N) is 2. The van der Waals surface area contributed by atoms with Crippen LogP contribution in [-0.2, 0) is 6.42 Å². The Bertz CT molecular complexity index is 610. The Balaban J connectivity index is 1.37. The van der Waals surface area contributed by atoms with E-state index < -0.39 is 12.7 Å². The molecule has 0 aliphatic carbocycles. The highest BCUT2D eigenvalue weighted by Crippen LogP contribution is 2.27. The topological polar surface area (TPSA) is 48.9 Å². The summed E-state index contributed by atoms with van der Waals surface area (Å²) in [6, 6.07) is 7.99. The molecule has 5 nitrogen and oxygen atoms in total. The lowest BCUT2D eigenvalue weighted by atomic mass is 10.1. The highest BCUT2D eigenvalue weighted by atomic mass is 19.4. The number of rotatable bonds is 5. The van der Waals surface area contributed by atoms with Gasteiger partial charge in [0, 0.05) is 26.6 Å². The first-order valence-electron chi connectivity index (χ1n) is 8.91. The van der Waals surface area contributed by atoms with E-state index in [-0.39, 0.29) is 12.0 Å². The summed E-state index contributed by atoms with van der Waals surface area (Å²) in [5, 5.41) is 6.46. The number of aliphatic imine (C=N–C) groups is 1. The van der Waals surface area contributed by atoms with Crippen LogP contribution < -0.4 is 15.4 Å². The highest BCUT2D eigenvalue weighted by molar-refractivity contribution is 5.79. The van der Waals surface area contributed by atoms with Gasteiger partial charge in [-0.15, -0.1) is 0 Å². The number of halogens is 3. The zero-order chi connectivity index (χ0) is 18.6. The molecular formula is C18H25F3N4O. The smallest absolute Gasteiger partial charge is 0.401 e. The molecule has 1 aromatic carbocycles. The number of guanidine groups is 1. The molecule has 2 aliphatic heterocycles. The fourth-order valence-corrected chi connectivity index (χ4v) is 3.52. The Labute approximate surface area is 151 Å². The van der Waals surface area contributed by atoms with Gasteiger partial charge in [-0.25, -0.2) is 0 Å². The average molecular weight is 370 g/mol. The van der Waals surface area contributed by atoms with Crippen molar-refractivity contribution >= 4 is 5.96 Å². The lowest BCUT2D eigenvalue weighted by molar-refractivity contribution is -0.143. The third-order valence-electron chi connectivity index (χ3n) is 4.77. The Morgan fingerprint density at radius 2 is 2.04 bits per heavy atom. The van der Waals surface area contributed by atoms with Crippen LogP contribution in [0.25, 0.3) is 0 Å². The summed E-state index contributed by atoms with van der Waals surface area (Å²) in [5.74, 6) is 1.78. The maximum absolute atomic E-state index is 12.5. The number of alkyl halides is 3. The van der Waals surface area contributed by atoms with Crippen molar-refractivity contribution in [2.75, 3.05) is 39.8 Å². The minimum Gasteiger partial charge on any atom is -0.488 e. The van der Waals surface area contributed by atoms with E-state index in [9.17, 15) is 13.2 Å². The van der Waals surface area contributed by atoms with Gasteiger partial charge in [-0.05, 0) is 30.5 Å². The SMILES string of the molecule is CN=C(NCC1CCN(CC(F)(F)F)C1)NCC1Cc2ccccc2O1. The van der Waals surface area contributed by atoms with Crippen LogP contribution in [0.2, 0.25) is 0 Å². The molecule has 0 saturated carbocycles. The molecule has 1 aromatic rings. The zero-order valence-electron chi connectivity index (χ0n) is 14.9. The average Bonchev–Trinajstić information content (AvgIpc) is 3.19. The maximum atomic E-state index is 12.5. The molecule has 0 aromatic heterocycles. The number of benzene rings is 1. The molecule has 2 N–H and O–H groups in total. The number of hydrogen-bond acceptors (Lipinski definition) is 3. The van der Waals surface area contributed by atoms with Gasteiger partial charge in [0.15, 0.2) is 5.96 Å². The zero-order valence-corrected chi connectivity index (χ0v) is 14.9. The van der Waals surface area contributed by atoms with Crippen LogP contribution in [-0.4, -0.2) is 62.9 Å². The van der Waals surface area contributed by atoms with Gasteiger partial charge in [-0.1, -0.05) is 18.2 Å². The molecule has 26 heavy (non-hydrogen) atoms. The summed E-state index contributed by atoms with van der Waals surface area (Å²) in [6.45, 7) is 1.37. The minimum atomic E-state index is -4.13. The molecule has 144 valence electrons. The molecule has 3 rings (SSSR count). The first kappa shape index (κ1) is 18.8. The van der Waals surface area contributed by atoms with Crippen molar-refractivity contribution in [1.82, 2.24) is 15.5 Å². The Morgan fingerprint density at radius 3 is 2.77 bits per heavy atom. The number of likely N-dealkylation sites (tertiary alicyclic amines) is 1. The van der Waals surface area contributed by atoms with E-state index in [1.807, 2.05) is 18.2 Å². The molecule has 2 heterocycles. The van der Waals surface area contributed by atoms with Crippen LogP contribution >= 0.6 is 0 Å². The number of ether oxygens (including phenoxy) is 1. The van der Waals surface area contributed by atoms with Crippen molar-refractivity contribution in [3.63, 3.8) is 0 Å². The largest absolute Gasteiger partial charge is 0.488 e. The maximum Gasteiger partial charge on any atom is 0.401 e. The summed E-state index contributed by atoms with van der Waals surface area (Å²) in [6.07, 6.45) is -2.45. The van der Waals surface area contributed by atoms with E-state index in [2.05, 4.69) is 21.7 Å². The van der Waals surface area contributed by atoms with Gasteiger partial charge in [-0.2, -0.15) is 13.2 Å². The molecule has 2 aliphatic rings. The van der Waals surface area contributed by atoms with Crippen LogP contribution in [0, 0.1) is 5.92 Å². The molecule has 8 heteroatoms. The van der Waals surface area contributed by atoms with Crippen molar-refractivity contribution in [3.8, 4) is 5.75 Å². The first-order chi connectivity index (χ1) is 12.4. The van der Waals surface area contributed by atoms with Gasteiger partial charge >= 0.3 is 6.18 Å². The molecule has 1 fully saturated rings. The molecule has 0 bridgehead atoms. The molecule has 1 saturated heterocycles. The second-order valence-corrected chi connectivity index (χ2v) is 6.89. The molecule has 0 radical (unpaired) electrons. The van der Waals surface area contributed by atoms with Crippen molar-refractivity contribution < 1.29 is 17.9 Å². The van der Waals surface area contributed by atoms with Gasteiger partial charge in [-0.3, -0.25) is 9.89 Å². The van der Waals surface area contributed by atoms with E-state index >= 15 is 0 Å². The standard InChI is InChI=1S/C18H25F3N4O/c1-22-17(23-9-13-6-7-25(11-13)12-18(19,20)21)24-10-15-8-14-4-2-3-5-16(14)26-15/h2-5,13,15H,6-12H2,1H3,(H2,22,23,24). The Kier molecular flexibility index (Phi) is 5.90. The van der Waals surface area contributed by atoms with Gasteiger partial charge in [0.05, 0.1) is 13.1 Å². The fraction of sp³-hybridized carbons (Fsp3) is 0.611. The lowest BCUT2D eigenvalue weighted by Crippen LogP contribution is -2.44. The van der Waals surface area contributed by atoms with Crippen molar-refractivity contribution in [2.45, 2.75) is 25.1 Å². The quantitative estimate of drug-likeness (QED) is 0.615. The number of nitrogens with one attached hydrogen (secondary N) is 2. The second-order valence-electron chi connectivity index (χ2n) is 6.89. The third-order valence-corrected chi connectivity index (χ3v) is 4.77. The van der Waals surface area contributed by atoms with Crippen molar-refractivity contribution in [1.29, 1.82) is 0 Å². The van der Waals surface area contributed by atoms with Gasteiger partial charge in [0.2, 0.25) is 0 Å². The number of para-hydroxylation sites is 1. The number of fused-ring (bicyclic) bond motifs is 1. The summed E-state index contributed by atoms with van der Waals surface area (Å²) < 4.78 is 43.2. The van der Waals surface area contributed by atoms with E-state index in [1.54, 1.807) is 7.05 Å². The van der Waals surface area contributed by atoms with Gasteiger partial charge < -0.3 is 15.4 Å². The van der Waals surface area contributed by atoms with Crippen LogP contribution in [0.4, 0.5) is 13.2 Å². The normalized spacial score (nSPS) is 23.6. The predicted molar refractivity (Wildman–Crippen MR) is 94.5 cm³/mol. The molecular weight excluding hydrogens is 345 g/mol. The minimum absolute atomic E-state index is 0.0553. The van der Waals surface area contributed by atoms with Gasteiger partial charge in [0.1, 0.15) is 11.9 Å². The summed E-state index contributed by atoms with van der Waals surface area (Å²) in [5.41, 5.74) is 1.21. The van der Waals surface area contributed by atoms with Gasteiger partial charge in [0.25, 0.3) is 0 Å². The lowest BCUT2D eigenvalue weighted by Gasteiger charge is -2.19.